The van der Waals surface area contributed by atoms with Gasteiger partial charge < -0.3 is 5.11 Å². The second-order valence-corrected chi connectivity index (χ2v) is 6.05. The first-order chi connectivity index (χ1) is 10.0. The molecule has 1 aliphatic carbocycles. The smallest absolute Gasteiger partial charge is 0.337 e. The molecule has 0 saturated carbocycles. The zero-order chi connectivity index (χ0) is 15.1. The van der Waals surface area contributed by atoms with Crippen LogP contribution >= 0.6 is 15.9 Å². The Hall–Kier alpha value is -1.95. The van der Waals surface area contributed by atoms with E-state index in [9.17, 15) is 19.5 Å². The molecule has 2 amide bonds. The Morgan fingerprint density at radius 1 is 1.14 bits per heavy atom. The van der Waals surface area contributed by atoms with Crippen molar-refractivity contribution in [2.24, 2.45) is 11.8 Å². The van der Waals surface area contributed by atoms with Crippen molar-refractivity contribution in [3.8, 4) is 0 Å². The number of rotatable bonds is 2. The number of hydrogen-bond donors (Lipinski definition) is 1. The van der Waals surface area contributed by atoms with Crippen molar-refractivity contribution in [2.75, 3.05) is 4.90 Å². The number of imide groups is 1. The predicted molar refractivity (Wildman–Crippen MR) is 78.9 cm³/mol. The number of nitrogens with zero attached hydrogens (tertiary/aromatic N) is 1. The molecule has 0 radical (unpaired) electrons. The molecule has 21 heavy (non-hydrogen) atoms. The maximum atomic E-state index is 12.5. The minimum atomic E-state index is -1.16. The Morgan fingerprint density at radius 2 is 1.71 bits per heavy atom. The quantitative estimate of drug-likeness (QED) is 0.657. The molecule has 1 aliphatic heterocycles. The van der Waals surface area contributed by atoms with Gasteiger partial charge in [-0.1, -0.05) is 28.1 Å². The SMILES string of the molecule is O=C(O)c1ccc(Br)cc1N1C(=O)C2CC=CCC2C1=O. The van der Waals surface area contributed by atoms with Gasteiger partial charge in [-0.3, -0.25) is 9.59 Å². The molecule has 0 aromatic heterocycles. The molecule has 5 nitrogen and oxygen atoms in total. The molecule has 1 aromatic carbocycles. The van der Waals surface area contributed by atoms with Gasteiger partial charge in [0.15, 0.2) is 0 Å². The van der Waals surface area contributed by atoms with Crippen LogP contribution in [0, 0.1) is 11.8 Å². The van der Waals surface area contributed by atoms with Crippen LogP contribution in [0.4, 0.5) is 5.69 Å². The van der Waals surface area contributed by atoms with Gasteiger partial charge in [-0.05, 0) is 31.0 Å². The van der Waals surface area contributed by atoms with Gasteiger partial charge in [-0.25, -0.2) is 9.69 Å². The lowest BCUT2D eigenvalue weighted by Gasteiger charge is -2.17. The van der Waals surface area contributed by atoms with E-state index in [1.54, 1.807) is 6.07 Å². The van der Waals surface area contributed by atoms with E-state index in [4.69, 9.17) is 0 Å². The van der Waals surface area contributed by atoms with Gasteiger partial charge in [0, 0.05) is 4.47 Å². The molecule has 1 saturated heterocycles. The summed E-state index contributed by atoms with van der Waals surface area (Å²) in [7, 11) is 0. The predicted octanol–water partition coefficient (Wildman–Crippen LogP) is 2.60. The molecule has 1 heterocycles. The van der Waals surface area contributed by atoms with Crippen LogP contribution in [0.1, 0.15) is 23.2 Å². The number of amides is 2. The van der Waals surface area contributed by atoms with Crippen molar-refractivity contribution >= 4 is 39.4 Å². The molecule has 1 fully saturated rings. The van der Waals surface area contributed by atoms with E-state index in [0.29, 0.717) is 17.3 Å². The van der Waals surface area contributed by atoms with Gasteiger partial charge in [-0.15, -0.1) is 0 Å². The van der Waals surface area contributed by atoms with Crippen molar-refractivity contribution in [1.82, 2.24) is 0 Å². The van der Waals surface area contributed by atoms with Crippen LogP contribution in [-0.4, -0.2) is 22.9 Å². The monoisotopic (exact) mass is 349 g/mol. The Bertz CT molecular complexity index is 656. The number of hydrogen-bond acceptors (Lipinski definition) is 3. The van der Waals surface area contributed by atoms with Crippen molar-refractivity contribution in [2.45, 2.75) is 12.8 Å². The summed E-state index contributed by atoms with van der Waals surface area (Å²) in [6.45, 7) is 0. The van der Waals surface area contributed by atoms with Gasteiger partial charge >= 0.3 is 5.97 Å². The minimum absolute atomic E-state index is 0.0495. The van der Waals surface area contributed by atoms with Crippen LogP contribution in [0.3, 0.4) is 0 Å². The maximum absolute atomic E-state index is 12.5. The summed E-state index contributed by atoms with van der Waals surface area (Å²) in [5.74, 6) is -2.53. The molecule has 2 atom stereocenters. The van der Waals surface area contributed by atoms with Crippen molar-refractivity contribution in [3.05, 3.63) is 40.4 Å². The van der Waals surface area contributed by atoms with E-state index in [2.05, 4.69) is 15.9 Å². The molecule has 1 aromatic rings. The van der Waals surface area contributed by atoms with Crippen LogP contribution in [-0.2, 0) is 9.59 Å². The summed E-state index contributed by atoms with van der Waals surface area (Å²) in [6.07, 6.45) is 4.86. The number of carbonyl (C=O) groups excluding carboxylic acids is 2. The second kappa shape index (κ2) is 5.11. The third-order valence-corrected chi connectivity index (χ3v) is 4.43. The lowest BCUT2D eigenvalue weighted by Crippen LogP contribution is -2.32. The highest BCUT2D eigenvalue weighted by molar-refractivity contribution is 9.10. The number of carboxylic acids is 1. The van der Waals surface area contributed by atoms with Crippen LogP contribution in [0.15, 0.2) is 34.8 Å². The van der Waals surface area contributed by atoms with E-state index in [-0.39, 0.29) is 34.9 Å². The van der Waals surface area contributed by atoms with Gasteiger partial charge in [0.2, 0.25) is 11.8 Å². The average molecular weight is 350 g/mol. The highest BCUT2D eigenvalue weighted by atomic mass is 79.9. The molecule has 2 unspecified atom stereocenters. The average Bonchev–Trinajstić information content (AvgIpc) is 2.71. The molecular formula is C15H12BrNO4. The Balaban J connectivity index is 2.09. The van der Waals surface area contributed by atoms with Crippen molar-refractivity contribution < 1.29 is 19.5 Å². The van der Waals surface area contributed by atoms with Gasteiger partial charge in [0.05, 0.1) is 23.1 Å². The first-order valence-electron chi connectivity index (χ1n) is 6.56. The standard InChI is InChI=1S/C15H12BrNO4/c16-8-5-6-11(15(20)21)12(7-8)17-13(18)9-3-1-2-4-10(9)14(17)19/h1-2,5-7,9-10H,3-4H2,(H,20,21). The molecule has 0 bridgehead atoms. The van der Waals surface area contributed by atoms with Gasteiger partial charge in [0.1, 0.15) is 0 Å². The number of halogens is 1. The summed E-state index contributed by atoms with van der Waals surface area (Å²) < 4.78 is 0.621. The highest BCUT2D eigenvalue weighted by Gasteiger charge is 2.48. The number of aromatic carboxylic acids is 1. The molecule has 6 heteroatoms. The third-order valence-electron chi connectivity index (χ3n) is 3.94. The molecule has 108 valence electrons. The summed E-state index contributed by atoms with van der Waals surface area (Å²) >= 11 is 3.25. The normalized spacial score (nSPS) is 24.3. The van der Waals surface area contributed by atoms with Gasteiger partial charge in [0.25, 0.3) is 0 Å². The number of benzene rings is 1. The Morgan fingerprint density at radius 3 is 2.24 bits per heavy atom. The lowest BCUT2D eigenvalue weighted by atomic mass is 9.85. The number of allylic oxidation sites excluding steroid dienone is 2. The number of anilines is 1. The van der Waals surface area contributed by atoms with Gasteiger partial charge in [-0.2, -0.15) is 0 Å². The van der Waals surface area contributed by atoms with E-state index >= 15 is 0 Å². The fourth-order valence-electron chi connectivity index (χ4n) is 2.91. The molecule has 2 aliphatic rings. The Labute approximate surface area is 129 Å². The fourth-order valence-corrected chi connectivity index (χ4v) is 3.26. The van der Waals surface area contributed by atoms with Crippen LogP contribution < -0.4 is 4.90 Å². The largest absolute Gasteiger partial charge is 0.478 e. The molecule has 1 N–H and O–H groups in total. The van der Waals surface area contributed by atoms with E-state index in [1.807, 2.05) is 12.2 Å². The number of carbonyl (C=O) groups is 3. The van der Waals surface area contributed by atoms with Crippen molar-refractivity contribution in [3.63, 3.8) is 0 Å². The Kier molecular flexibility index (Phi) is 3.41. The topological polar surface area (TPSA) is 74.7 Å². The summed E-state index contributed by atoms with van der Waals surface area (Å²) in [6, 6.07) is 4.47. The zero-order valence-corrected chi connectivity index (χ0v) is 12.5. The second-order valence-electron chi connectivity index (χ2n) is 5.13. The fraction of sp³-hybridized carbons (Fsp3) is 0.267. The van der Waals surface area contributed by atoms with Crippen LogP contribution in [0.5, 0.6) is 0 Å². The molecule has 0 spiro atoms. The zero-order valence-electron chi connectivity index (χ0n) is 11.0. The summed E-state index contributed by atoms with van der Waals surface area (Å²) in [4.78, 5) is 37.4. The minimum Gasteiger partial charge on any atom is -0.478 e. The lowest BCUT2D eigenvalue weighted by molar-refractivity contribution is -0.122. The van der Waals surface area contributed by atoms with E-state index < -0.39 is 5.97 Å². The summed E-state index contributed by atoms with van der Waals surface area (Å²) in [5.41, 5.74) is 0.0905. The molecular weight excluding hydrogens is 338 g/mol. The number of carboxylic acid groups (broad SMARTS) is 1. The highest BCUT2D eigenvalue weighted by Crippen LogP contribution is 2.39. The first kappa shape index (κ1) is 14.0. The molecule has 3 rings (SSSR count). The van der Waals surface area contributed by atoms with Crippen LogP contribution in [0.25, 0.3) is 0 Å². The third kappa shape index (κ3) is 2.19. The maximum Gasteiger partial charge on any atom is 0.337 e. The van der Waals surface area contributed by atoms with Crippen molar-refractivity contribution in [1.29, 1.82) is 0 Å². The van der Waals surface area contributed by atoms with E-state index in [1.165, 1.54) is 12.1 Å². The first-order valence-corrected chi connectivity index (χ1v) is 7.35. The van der Waals surface area contributed by atoms with E-state index in [0.717, 1.165) is 4.90 Å². The van der Waals surface area contributed by atoms with Crippen LogP contribution in [0.2, 0.25) is 0 Å². The number of fused-ring (bicyclic) bond motifs is 1. The summed E-state index contributed by atoms with van der Waals surface area (Å²) in [5, 5.41) is 9.27.